The van der Waals surface area contributed by atoms with Crippen molar-refractivity contribution in [3.8, 4) is 0 Å². The van der Waals surface area contributed by atoms with E-state index in [1.807, 2.05) is 6.92 Å². The van der Waals surface area contributed by atoms with Gasteiger partial charge in [0.25, 0.3) is 0 Å². The minimum absolute atomic E-state index is 0.116. The van der Waals surface area contributed by atoms with Crippen molar-refractivity contribution >= 4 is 7.60 Å². The van der Waals surface area contributed by atoms with Gasteiger partial charge in [-0.1, -0.05) is 6.58 Å². The van der Waals surface area contributed by atoms with Gasteiger partial charge in [-0.2, -0.15) is 0 Å². The Morgan fingerprint density at radius 3 is 2.88 bits per heavy atom. The summed E-state index contributed by atoms with van der Waals surface area (Å²) in [7, 11) is -3.92. The molecule has 5 nitrogen and oxygen atoms in total. The Bertz CT molecular complexity index is 289. The zero-order chi connectivity index (χ0) is 12.2. The molecule has 0 aromatic carbocycles. The van der Waals surface area contributed by atoms with Crippen LogP contribution in [0, 0.1) is 0 Å². The molecule has 0 bridgehead atoms. The van der Waals surface area contributed by atoms with E-state index in [0.29, 0.717) is 12.6 Å². The molecule has 0 saturated carbocycles. The lowest BCUT2D eigenvalue weighted by atomic mass is 10.2. The average molecular weight is 249 g/mol. The van der Waals surface area contributed by atoms with Gasteiger partial charge in [0.05, 0.1) is 25.4 Å². The molecule has 0 amide bonds. The molecule has 6 heteroatoms. The van der Waals surface area contributed by atoms with Crippen LogP contribution in [0.25, 0.3) is 0 Å². The summed E-state index contributed by atoms with van der Waals surface area (Å²) in [6, 6.07) is 0.314. The number of hydrogen-bond donors (Lipinski definition) is 2. The highest BCUT2D eigenvalue weighted by Gasteiger charge is 2.24. The van der Waals surface area contributed by atoms with E-state index < -0.39 is 7.60 Å². The number of nitrogens with zero attached hydrogens (tertiary/aromatic N) is 1. The minimum atomic E-state index is -3.92. The summed E-state index contributed by atoms with van der Waals surface area (Å²) in [5.41, 5.74) is 1.03. The van der Waals surface area contributed by atoms with E-state index in [-0.39, 0.29) is 12.8 Å². The topological polar surface area (TPSA) is 70.0 Å². The Kier molecular flexibility index (Phi) is 4.99. The van der Waals surface area contributed by atoms with E-state index in [0.717, 1.165) is 25.1 Å². The van der Waals surface area contributed by atoms with Crippen molar-refractivity contribution in [3.63, 3.8) is 0 Å². The molecule has 1 aliphatic heterocycles. The summed E-state index contributed by atoms with van der Waals surface area (Å²) in [5, 5.41) is 0. The third kappa shape index (κ3) is 4.66. The molecular formula is C10H20NO4P. The van der Waals surface area contributed by atoms with Crippen molar-refractivity contribution in [2.75, 3.05) is 25.9 Å². The zero-order valence-corrected chi connectivity index (χ0v) is 10.5. The predicted octanol–water partition coefficient (Wildman–Crippen LogP) is 1.18. The maximum absolute atomic E-state index is 10.6. The van der Waals surface area contributed by atoms with Gasteiger partial charge in [-0.25, -0.2) is 0 Å². The summed E-state index contributed by atoms with van der Waals surface area (Å²) < 4.78 is 15.9. The van der Waals surface area contributed by atoms with Crippen LogP contribution < -0.4 is 0 Å². The number of hydrogen-bond acceptors (Lipinski definition) is 3. The van der Waals surface area contributed by atoms with Crippen molar-refractivity contribution < 1.29 is 19.1 Å². The van der Waals surface area contributed by atoms with Crippen LogP contribution in [0.15, 0.2) is 12.3 Å². The Morgan fingerprint density at radius 2 is 2.31 bits per heavy atom. The molecule has 2 N–H and O–H groups in total. The maximum atomic E-state index is 10.6. The second-order valence-corrected chi connectivity index (χ2v) is 5.96. The highest BCUT2D eigenvalue weighted by atomic mass is 31.2. The quantitative estimate of drug-likeness (QED) is 0.546. The Balaban J connectivity index is 2.22. The number of ether oxygens (including phenoxy) is 1. The van der Waals surface area contributed by atoms with Crippen LogP contribution in [0.3, 0.4) is 0 Å². The average Bonchev–Trinajstić information content (AvgIpc) is 2.58. The first-order valence-electron chi connectivity index (χ1n) is 5.44. The van der Waals surface area contributed by atoms with Gasteiger partial charge < -0.3 is 19.4 Å². The molecular weight excluding hydrogens is 229 g/mol. The standard InChI is InChI=1S/C10H20NO4P/c1-9(2)11-5-3-4-10(11)8-15-6-7-16(12,13)14/h10H,1,3-8H2,2H3,(H2,12,13,14)/t10-/m0/s1. The van der Waals surface area contributed by atoms with Crippen LogP contribution >= 0.6 is 7.60 Å². The first kappa shape index (κ1) is 13.7. The summed E-state index contributed by atoms with van der Waals surface area (Å²) >= 11 is 0. The smallest absolute Gasteiger partial charge is 0.327 e. The molecule has 1 heterocycles. The molecule has 0 aliphatic carbocycles. The number of rotatable bonds is 6. The predicted molar refractivity (Wildman–Crippen MR) is 62.3 cm³/mol. The highest BCUT2D eigenvalue weighted by Crippen LogP contribution is 2.33. The second-order valence-electron chi connectivity index (χ2n) is 4.19. The van der Waals surface area contributed by atoms with Crippen LogP contribution in [0.4, 0.5) is 0 Å². The number of allylic oxidation sites excluding steroid dienone is 1. The van der Waals surface area contributed by atoms with E-state index in [4.69, 9.17) is 14.5 Å². The monoisotopic (exact) mass is 249 g/mol. The van der Waals surface area contributed by atoms with Crippen LogP contribution in [0.1, 0.15) is 19.8 Å². The number of likely N-dealkylation sites (tertiary alicyclic amines) is 1. The Hall–Kier alpha value is -0.350. The fourth-order valence-corrected chi connectivity index (χ4v) is 2.28. The van der Waals surface area contributed by atoms with Crippen LogP contribution in [-0.2, 0) is 9.30 Å². The molecule has 94 valence electrons. The first-order chi connectivity index (χ1) is 7.40. The van der Waals surface area contributed by atoms with Gasteiger partial charge >= 0.3 is 7.60 Å². The molecule has 16 heavy (non-hydrogen) atoms. The van der Waals surface area contributed by atoms with Gasteiger partial charge in [-0.15, -0.1) is 0 Å². The Labute approximate surface area is 96.3 Å². The lowest BCUT2D eigenvalue weighted by molar-refractivity contribution is 0.0965. The van der Waals surface area contributed by atoms with E-state index in [9.17, 15) is 4.57 Å². The third-order valence-corrected chi connectivity index (χ3v) is 3.47. The largest absolute Gasteiger partial charge is 0.379 e. The summed E-state index contributed by atoms with van der Waals surface area (Å²) in [4.78, 5) is 19.5. The lowest BCUT2D eigenvalue weighted by Crippen LogP contribution is -2.31. The van der Waals surface area contributed by atoms with Gasteiger partial charge in [-0.3, -0.25) is 4.57 Å². The van der Waals surface area contributed by atoms with Crippen LogP contribution in [-0.4, -0.2) is 46.6 Å². The van der Waals surface area contributed by atoms with Gasteiger partial charge in [-0.05, 0) is 19.8 Å². The van der Waals surface area contributed by atoms with E-state index >= 15 is 0 Å². The Morgan fingerprint density at radius 1 is 1.62 bits per heavy atom. The second kappa shape index (κ2) is 5.82. The molecule has 1 atom stereocenters. The van der Waals surface area contributed by atoms with Crippen molar-refractivity contribution in [1.29, 1.82) is 0 Å². The lowest BCUT2D eigenvalue weighted by Gasteiger charge is -2.26. The molecule has 1 aliphatic rings. The van der Waals surface area contributed by atoms with Gasteiger partial charge in [0.2, 0.25) is 0 Å². The first-order valence-corrected chi connectivity index (χ1v) is 7.24. The summed E-state index contributed by atoms with van der Waals surface area (Å²) in [6.45, 7) is 7.51. The maximum Gasteiger partial charge on any atom is 0.327 e. The third-order valence-electron chi connectivity index (χ3n) is 2.70. The molecule has 1 fully saturated rings. The van der Waals surface area contributed by atoms with Crippen molar-refractivity contribution in [2.24, 2.45) is 0 Å². The fourth-order valence-electron chi connectivity index (χ4n) is 1.91. The zero-order valence-electron chi connectivity index (χ0n) is 9.63. The van der Waals surface area contributed by atoms with Crippen molar-refractivity contribution in [3.05, 3.63) is 12.3 Å². The molecule has 0 unspecified atom stereocenters. The minimum Gasteiger partial charge on any atom is -0.379 e. The molecule has 0 aromatic rings. The molecule has 0 spiro atoms. The van der Waals surface area contributed by atoms with E-state index in [2.05, 4.69) is 11.5 Å². The van der Waals surface area contributed by atoms with Crippen LogP contribution in [0.5, 0.6) is 0 Å². The SMILES string of the molecule is C=C(C)N1CCC[C@H]1COCCP(=O)(O)O. The normalized spacial score (nSPS) is 21.4. The molecule has 0 aromatic heterocycles. The molecule has 1 rings (SSSR count). The van der Waals surface area contributed by atoms with Crippen molar-refractivity contribution in [2.45, 2.75) is 25.8 Å². The summed E-state index contributed by atoms with van der Waals surface area (Å²) in [6.07, 6.45) is 1.98. The highest BCUT2D eigenvalue weighted by molar-refractivity contribution is 7.51. The van der Waals surface area contributed by atoms with E-state index in [1.54, 1.807) is 0 Å². The fraction of sp³-hybridized carbons (Fsp3) is 0.800. The van der Waals surface area contributed by atoms with Crippen LogP contribution in [0.2, 0.25) is 0 Å². The molecule has 0 radical (unpaired) electrons. The van der Waals surface area contributed by atoms with Gasteiger partial charge in [0.15, 0.2) is 0 Å². The summed E-state index contributed by atoms with van der Waals surface area (Å²) in [5.74, 6) is 0. The van der Waals surface area contributed by atoms with E-state index in [1.165, 1.54) is 0 Å². The van der Waals surface area contributed by atoms with Gasteiger partial charge in [0.1, 0.15) is 0 Å². The van der Waals surface area contributed by atoms with Crippen molar-refractivity contribution in [1.82, 2.24) is 4.90 Å². The van der Waals surface area contributed by atoms with Gasteiger partial charge in [0, 0.05) is 12.2 Å². The molecule has 1 saturated heterocycles.